The third-order valence-electron chi connectivity index (χ3n) is 4.51. The summed E-state index contributed by atoms with van der Waals surface area (Å²) in [4.78, 5) is 26.9. The number of halogens is 1. The molecule has 4 rings (SSSR count). The molecule has 0 fully saturated rings. The van der Waals surface area contributed by atoms with Crippen molar-refractivity contribution in [3.8, 4) is 17.3 Å². The van der Waals surface area contributed by atoms with Crippen molar-refractivity contribution in [1.82, 2.24) is 15.0 Å². The average Bonchev–Trinajstić information content (AvgIpc) is 3.13. The van der Waals surface area contributed by atoms with Gasteiger partial charge in [-0.25, -0.2) is 9.36 Å². The van der Waals surface area contributed by atoms with Crippen LogP contribution in [-0.4, -0.2) is 25.5 Å². The number of benzene rings is 2. The van der Waals surface area contributed by atoms with Crippen LogP contribution >= 0.6 is 11.6 Å². The van der Waals surface area contributed by atoms with Gasteiger partial charge in [0.25, 0.3) is 5.56 Å². The zero-order valence-corrected chi connectivity index (χ0v) is 15.1. The zero-order valence-electron chi connectivity index (χ0n) is 14.4. The Balaban J connectivity index is 1.73. The van der Waals surface area contributed by atoms with Crippen LogP contribution in [0, 0.1) is 0 Å². The van der Waals surface area contributed by atoms with Gasteiger partial charge in [-0.1, -0.05) is 23.7 Å². The van der Waals surface area contributed by atoms with E-state index in [9.17, 15) is 19.8 Å². The van der Waals surface area contributed by atoms with Gasteiger partial charge in [0.2, 0.25) is 5.88 Å². The van der Waals surface area contributed by atoms with Gasteiger partial charge in [0, 0.05) is 11.4 Å². The number of aromatic nitrogens is 2. The van der Waals surface area contributed by atoms with E-state index < -0.39 is 17.1 Å². The van der Waals surface area contributed by atoms with E-state index in [-0.39, 0.29) is 17.4 Å². The Morgan fingerprint density at radius 1 is 1.04 bits per heavy atom. The zero-order chi connectivity index (χ0) is 19.8. The number of nitrogens with zero attached hydrogens (tertiary/aromatic N) is 2. The SMILES string of the molecule is O=c1[nH]c(=O)n(-c2ccc(Cl)cc2)c(O)c1C1=NN[C@@H](c2ccc(O)cc2)C1. The third kappa shape index (κ3) is 3.14. The summed E-state index contributed by atoms with van der Waals surface area (Å²) in [6, 6.07) is 12.6. The van der Waals surface area contributed by atoms with Gasteiger partial charge in [0.15, 0.2) is 0 Å². The summed E-state index contributed by atoms with van der Waals surface area (Å²) in [6.45, 7) is 0. The topological polar surface area (TPSA) is 120 Å². The fourth-order valence-corrected chi connectivity index (χ4v) is 3.24. The maximum Gasteiger partial charge on any atom is 0.335 e. The number of aromatic hydroxyl groups is 2. The van der Waals surface area contributed by atoms with Crippen molar-refractivity contribution < 1.29 is 10.2 Å². The molecule has 0 spiro atoms. The standard InChI is InChI=1S/C19H15ClN4O4/c20-11-3-5-12(6-4-11)24-18(27)16(17(26)21-19(24)28)15-9-14(22-23-15)10-1-7-13(25)8-2-10/h1-8,14,22,25,27H,9H2,(H,21,26,28)/t14-/m1/s1. The molecule has 0 unspecified atom stereocenters. The van der Waals surface area contributed by atoms with E-state index in [1.54, 1.807) is 48.5 Å². The molecule has 0 saturated carbocycles. The Kier molecular flexibility index (Phi) is 4.40. The van der Waals surface area contributed by atoms with E-state index >= 15 is 0 Å². The second-order valence-corrected chi connectivity index (χ2v) is 6.74. The second kappa shape index (κ2) is 6.90. The summed E-state index contributed by atoms with van der Waals surface area (Å²) in [7, 11) is 0. The molecule has 4 N–H and O–H groups in total. The molecule has 0 bridgehead atoms. The number of rotatable bonds is 3. The highest BCUT2D eigenvalue weighted by molar-refractivity contribution is 6.30. The molecule has 0 radical (unpaired) electrons. The number of phenolic OH excluding ortho intramolecular Hbond substituents is 1. The van der Waals surface area contributed by atoms with Crippen molar-refractivity contribution >= 4 is 17.3 Å². The molecular formula is C19H15ClN4O4. The Morgan fingerprint density at radius 3 is 2.39 bits per heavy atom. The van der Waals surface area contributed by atoms with Crippen LogP contribution in [0.4, 0.5) is 0 Å². The highest BCUT2D eigenvalue weighted by Gasteiger charge is 2.27. The lowest BCUT2D eigenvalue weighted by Gasteiger charge is -2.12. The lowest BCUT2D eigenvalue weighted by Crippen LogP contribution is -2.33. The van der Waals surface area contributed by atoms with Crippen molar-refractivity contribution in [2.45, 2.75) is 12.5 Å². The van der Waals surface area contributed by atoms with Gasteiger partial charge >= 0.3 is 5.69 Å². The number of hydrogen-bond donors (Lipinski definition) is 4. The molecule has 2 heterocycles. The molecule has 2 aromatic carbocycles. The summed E-state index contributed by atoms with van der Waals surface area (Å²) in [6.07, 6.45) is 0.320. The van der Waals surface area contributed by atoms with Gasteiger partial charge < -0.3 is 15.6 Å². The van der Waals surface area contributed by atoms with E-state index in [0.717, 1.165) is 10.1 Å². The van der Waals surface area contributed by atoms with E-state index in [0.29, 0.717) is 22.8 Å². The number of H-pyrrole nitrogens is 1. The first kappa shape index (κ1) is 17.9. The first-order chi connectivity index (χ1) is 13.4. The van der Waals surface area contributed by atoms with Crippen LogP contribution in [0.25, 0.3) is 5.69 Å². The van der Waals surface area contributed by atoms with E-state index in [1.807, 2.05) is 0 Å². The van der Waals surface area contributed by atoms with Gasteiger partial charge in [-0.05, 0) is 42.0 Å². The Morgan fingerprint density at radius 2 is 1.71 bits per heavy atom. The summed E-state index contributed by atoms with van der Waals surface area (Å²) in [5, 5.41) is 24.8. The normalized spacial score (nSPS) is 15.9. The smallest absolute Gasteiger partial charge is 0.335 e. The van der Waals surface area contributed by atoms with Gasteiger partial charge in [-0.15, -0.1) is 0 Å². The summed E-state index contributed by atoms with van der Waals surface area (Å²) >= 11 is 5.87. The molecule has 1 aliphatic heterocycles. The predicted molar refractivity (Wildman–Crippen MR) is 104 cm³/mol. The van der Waals surface area contributed by atoms with Crippen LogP contribution in [0.2, 0.25) is 5.02 Å². The van der Waals surface area contributed by atoms with E-state index in [1.165, 1.54) is 0 Å². The fourth-order valence-electron chi connectivity index (χ4n) is 3.11. The van der Waals surface area contributed by atoms with Crippen LogP contribution in [-0.2, 0) is 0 Å². The van der Waals surface area contributed by atoms with Crippen molar-refractivity contribution in [3.63, 3.8) is 0 Å². The molecule has 1 aliphatic rings. The van der Waals surface area contributed by atoms with Crippen molar-refractivity contribution in [2.75, 3.05) is 0 Å². The number of phenols is 1. The first-order valence-electron chi connectivity index (χ1n) is 8.39. The van der Waals surface area contributed by atoms with Crippen molar-refractivity contribution in [3.05, 3.63) is 85.5 Å². The molecule has 0 aliphatic carbocycles. The molecule has 1 aromatic heterocycles. The first-order valence-corrected chi connectivity index (χ1v) is 8.77. The Bertz CT molecular complexity index is 1180. The van der Waals surface area contributed by atoms with Crippen molar-refractivity contribution in [1.29, 1.82) is 0 Å². The van der Waals surface area contributed by atoms with Gasteiger partial charge in [-0.3, -0.25) is 9.78 Å². The minimum absolute atomic E-state index is 0.0803. The highest BCUT2D eigenvalue weighted by Crippen LogP contribution is 2.28. The largest absolute Gasteiger partial charge is 0.508 e. The van der Waals surface area contributed by atoms with Gasteiger partial charge in [0.05, 0.1) is 17.4 Å². The molecular weight excluding hydrogens is 384 g/mol. The van der Waals surface area contributed by atoms with Gasteiger partial charge in [-0.2, -0.15) is 5.10 Å². The predicted octanol–water partition coefficient (Wildman–Crippen LogP) is 2.03. The highest BCUT2D eigenvalue weighted by atomic mass is 35.5. The minimum atomic E-state index is -0.768. The lowest BCUT2D eigenvalue weighted by atomic mass is 10.00. The monoisotopic (exact) mass is 398 g/mol. The van der Waals surface area contributed by atoms with E-state index in [4.69, 9.17) is 11.6 Å². The molecule has 9 heteroatoms. The molecule has 8 nitrogen and oxygen atoms in total. The molecule has 0 amide bonds. The quantitative estimate of drug-likeness (QED) is 0.538. The molecule has 142 valence electrons. The van der Waals surface area contributed by atoms with Crippen LogP contribution in [0.3, 0.4) is 0 Å². The molecule has 1 atom stereocenters. The van der Waals surface area contributed by atoms with Crippen molar-refractivity contribution in [2.24, 2.45) is 5.10 Å². The average molecular weight is 399 g/mol. The lowest BCUT2D eigenvalue weighted by molar-refractivity contribution is 0.429. The van der Waals surface area contributed by atoms with Crippen LogP contribution in [0.15, 0.2) is 63.2 Å². The number of aromatic amines is 1. The number of hydrazone groups is 1. The molecule has 0 saturated heterocycles. The fraction of sp³-hybridized carbons (Fsp3) is 0.105. The Hall–Kier alpha value is -3.52. The van der Waals surface area contributed by atoms with Crippen LogP contribution in [0.1, 0.15) is 23.6 Å². The van der Waals surface area contributed by atoms with E-state index in [2.05, 4.69) is 15.5 Å². The minimum Gasteiger partial charge on any atom is -0.508 e. The summed E-state index contributed by atoms with van der Waals surface area (Å²) in [5.74, 6) is -0.352. The van der Waals surface area contributed by atoms with Gasteiger partial charge in [0.1, 0.15) is 11.3 Å². The number of hydrogen-bond acceptors (Lipinski definition) is 6. The summed E-state index contributed by atoms with van der Waals surface area (Å²) in [5.41, 5.74) is 2.87. The number of nitrogens with one attached hydrogen (secondary N) is 2. The summed E-state index contributed by atoms with van der Waals surface area (Å²) < 4.78 is 0.990. The van der Waals surface area contributed by atoms with Crippen LogP contribution in [0.5, 0.6) is 11.6 Å². The maximum atomic E-state index is 12.4. The van der Waals surface area contributed by atoms with Crippen LogP contribution < -0.4 is 16.7 Å². The Labute approximate surface area is 163 Å². The maximum absolute atomic E-state index is 12.4. The molecule has 3 aromatic rings. The second-order valence-electron chi connectivity index (χ2n) is 6.31. The molecule has 28 heavy (non-hydrogen) atoms. The third-order valence-corrected chi connectivity index (χ3v) is 4.76.